The van der Waals surface area contributed by atoms with E-state index >= 15 is 0 Å². The first kappa shape index (κ1) is 35.6. The highest BCUT2D eigenvalue weighted by molar-refractivity contribution is 7.86. The van der Waals surface area contributed by atoms with Crippen molar-refractivity contribution < 1.29 is 58.1 Å². The number of pyridine rings is 1. The van der Waals surface area contributed by atoms with Crippen molar-refractivity contribution in [1.29, 1.82) is 0 Å². The molecular formula is C30H30N2O12S3. The van der Waals surface area contributed by atoms with E-state index in [1.165, 1.54) is 67.8 Å². The smallest absolute Gasteiger partial charge is 0.320 e. The predicted molar refractivity (Wildman–Crippen MR) is 167 cm³/mol. The topological polar surface area (TPSA) is 242 Å². The molecular weight excluding hydrogens is 677 g/mol. The summed E-state index contributed by atoms with van der Waals surface area (Å²) in [6, 6.07) is 16.7. The van der Waals surface area contributed by atoms with Crippen LogP contribution in [0.25, 0.3) is 33.6 Å². The molecule has 0 saturated carbocycles. The Bertz CT molecular complexity index is 2040. The Kier molecular flexibility index (Phi) is 10.5. The maximum absolute atomic E-state index is 12.1. The molecule has 1 heterocycles. The molecule has 14 nitrogen and oxygen atoms in total. The third-order valence-electron chi connectivity index (χ3n) is 7.29. The molecule has 250 valence electrons. The summed E-state index contributed by atoms with van der Waals surface area (Å²) < 4.78 is 109. The van der Waals surface area contributed by atoms with Crippen molar-refractivity contribution in [2.24, 2.45) is 5.73 Å². The monoisotopic (exact) mass is 706 g/mol. The van der Waals surface area contributed by atoms with Gasteiger partial charge in [-0.3, -0.25) is 13.9 Å². The molecule has 0 bridgehead atoms. The molecule has 0 saturated heterocycles. The van der Waals surface area contributed by atoms with Gasteiger partial charge in [-0.2, -0.15) is 21.4 Å². The summed E-state index contributed by atoms with van der Waals surface area (Å²) in [7, 11) is -12.8. The van der Waals surface area contributed by atoms with Crippen molar-refractivity contribution in [3.05, 3.63) is 78.9 Å². The van der Waals surface area contributed by atoms with Crippen LogP contribution in [0, 0.1) is 0 Å². The third-order valence-corrected chi connectivity index (χ3v) is 9.89. The molecule has 17 heteroatoms. The maximum Gasteiger partial charge on any atom is 0.320 e. The number of hydrogen-bond donors (Lipinski definition) is 4. The summed E-state index contributed by atoms with van der Waals surface area (Å²) in [5, 5.41) is 9.17. The second kappa shape index (κ2) is 13.9. The molecule has 0 radical (unpaired) electrons. The average Bonchev–Trinajstić information content (AvgIpc) is 3.01. The number of aliphatic carboxylic acids is 1. The Morgan fingerprint density at radius 3 is 1.64 bits per heavy atom. The van der Waals surface area contributed by atoms with Gasteiger partial charge in [0.15, 0.2) is 0 Å². The number of methoxy groups -OCH3 is 1. The molecule has 0 aliphatic carbocycles. The van der Waals surface area contributed by atoms with Gasteiger partial charge in [0.25, 0.3) is 20.2 Å². The summed E-state index contributed by atoms with van der Waals surface area (Å²) in [6.45, 7) is 0.250. The molecule has 3 aromatic carbocycles. The fraction of sp³-hybridized carbons (Fsp3) is 0.200. The minimum atomic E-state index is -4.97. The lowest BCUT2D eigenvalue weighted by molar-refractivity contribution is -0.675. The Balaban J connectivity index is 2.00. The molecule has 4 aromatic rings. The number of ether oxygens (including phenoxy) is 1. The highest BCUT2D eigenvalue weighted by Gasteiger charge is 2.25. The molecule has 0 aliphatic rings. The number of hydrogen-bond acceptors (Lipinski definition) is 10. The zero-order chi connectivity index (χ0) is 34.7. The molecule has 1 atom stereocenters. The number of aromatic nitrogens is 1. The van der Waals surface area contributed by atoms with Gasteiger partial charge in [-0.05, 0) is 84.6 Å². The number of carbonyl (C=O) groups is 1. The van der Waals surface area contributed by atoms with E-state index < -0.39 is 47.3 Å². The first-order chi connectivity index (χ1) is 21.9. The van der Waals surface area contributed by atoms with Gasteiger partial charge in [-0.1, -0.05) is 6.07 Å². The van der Waals surface area contributed by atoms with E-state index in [0.717, 1.165) is 6.07 Å². The Morgan fingerprint density at radius 2 is 1.23 bits per heavy atom. The Morgan fingerprint density at radius 1 is 0.766 bits per heavy atom. The van der Waals surface area contributed by atoms with E-state index in [0.29, 0.717) is 40.9 Å². The van der Waals surface area contributed by atoms with Crippen molar-refractivity contribution in [3.63, 3.8) is 0 Å². The molecule has 4 rings (SSSR count). The van der Waals surface area contributed by atoms with Crippen LogP contribution in [0.5, 0.6) is 5.75 Å². The van der Waals surface area contributed by atoms with Crippen LogP contribution in [-0.2, 0) is 41.7 Å². The van der Waals surface area contributed by atoms with Crippen LogP contribution in [0.4, 0.5) is 0 Å². The average molecular weight is 707 g/mol. The van der Waals surface area contributed by atoms with Gasteiger partial charge in [0.1, 0.15) is 28.5 Å². The number of unbranched alkanes of at least 4 members (excludes halogenated alkanes) is 1. The minimum absolute atomic E-state index is 0.170. The summed E-state index contributed by atoms with van der Waals surface area (Å²) >= 11 is 0. The Labute approximate surface area is 271 Å². The molecule has 5 N–H and O–H groups in total. The zero-order valence-corrected chi connectivity index (χ0v) is 27.1. The van der Waals surface area contributed by atoms with Gasteiger partial charge >= 0.3 is 5.97 Å². The van der Waals surface area contributed by atoms with Crippen LogP contribution in [-0.4, -0.2) is 63.1 Å². The quantitative estimate of drug-likeness (QED) is 0.0889. The fourth-order valence-corrected chi connectivity index (χ4v) is 6.54. The predicted octanol–water partition coefficient (Wildman–Crippen LogP) is 2.96. The summed E-state index contributed by atoms with van der Waals surface area (Å²) in [5.41, 5.74) is 8.13. The molecule has 47 heavy (non-hydrogen) atoms. The van der Waals surface area contributed by atoms with E-state index in [1.54, 1.807) is 16.7 Å². The van der Waals surface area contributed by atoms with Crippen molar-refractivity contribution in [3.8, 4) is 39.4 Å². The lowest BCUT2D eigenvalue weighted by Gasteiger charge is -2.16. The maximum atomic E-state index is 12.1. The number of nitrogens with two attached hydrogens (primary N) is 1. The zero-order valence-electron chi connectivity index (χ0n) is 24.7. The standard InChI is InChI=1S/C30H30N2O12S3/c1-44-28-14-9-21(18-29(28)47(41,42)43)22-16-26(19-5-10-23(11-6-19)45(35,36)37)32(15-3-2-4-25(31)30(33)34)27(17-22)20-7-12-24(13-8-20)46(38,39)40/h5-14,16-18,25H,2-4,15,31H2,1H3,(H3-,33,34,35,36,37,38,39,40,41,42,43). The summed E-state index contributed by atoms with van der Waals surface area (Å²) in [4.78, 5) is 9.88. The highest BCUT2D eigenvalue weighted by Crippen LogP contribution is 2.34. The first-order valence-corrected chi connectivity index (χ1v) is 18.1. The number of carboxylic acid groups (broad SMARTS) is 1. The van der Waals surface area contributed by atoms with Crippen molar-refractivity contribution in [2.45, 2.75) is 46.5 Å². The van der Waals surface area contributed by atoms with Crippen molar-refractivity contribution in [1.82, 2.24) is 0 Å². The second-order valence-corrected chi connectivity index (χ2v) is 14.6. The fourth-order valence-electron chi connectivity index (χ4n) is 4.91. The van der Waals surface area contributed by atoms with Crippen LogP contribution >= 0.6 is 0 Å². The van der Waals surface area contributed by atoms with Crippen LogP contribution < -0.4 is 15.0 Å². The van der Waals surface area contributed by atoms with Gasteiger partial charge in [-0.25, -0.2) is 8.42 Å². The van der Waals surface area contributed by atoms with Gasteiger partial charge in [0.05, 0.1) is 21.8 Å². The highest BCUT2D eigenvalue weighted by atomic mass is 32.2. The van der Waals surface area contributed by atoms with Gasteiger partial charge in [-0.15, -0.1) is 0 Å². The minimum Gasteiger partial charge on any atom is -0.744 e. The molecule has 0 fully saturated rings. The van der Waals surface area contributed by atoms with E-state index in [9.17, 15) is 43.7 Å². The number of carboxylic acids is 1. The largest absolute Gasteiger partial charge is 0.744 e. The normalized spacial score (nSPS) is 12.9. The number of nitrogens with zero attached hydrogens (tertiary/aromatic N) is 1. The van der Waals surface area contributed by atoms with Crippen LogP contribution in [0.15, 0.2) is 93.5 Å². The lowest BCUT2D eigenvalue weighted by atomic mass is 9.98. The van der Waals surface area contributed by atoms with E-state index in [4.69, 9.17) is 15.6 Å². The number of benzene rings is 3. The van der Waals surface area contributed by atoms with Crippen LogP contribution in [0.3, 0.4) is 0 Å². The molecule has 0 aliphatic heterocycles. The molecule has 1 aromatic heterocycles. The van der Waals surface area contributed by atoms with Crippen LogP contribution in [0.2, 0.25) is 0 Å². The molecule has 0 amide bonds. The molecule has 1 unspecified atom stereocenters. The van der Waals surface area contributed by atoms with Crippen LogP contribution in [0.1, 0.15) is 19.3 Å². The molecule has 0 spiro atoms. The lowest BCUT2D eigenvalue weighted by Crippen LogP contribution is -2.39. The SMILES string of the molecule is COc1ccc(-c2cc(-c3ccc(S(=O)(=O)O)cc3)[n+](CCCCC(N)C(=O)O)c(-c3ccc(S(=O)(=O)O)cc3)c2)cc1S(=O)(=O)[O-]. The van der Waals surface area contributed by atoms with Gasteiger partial charge in [0.2, 0.25) is 11.4 Å². The summed E-state index contributed by atoms with van der Waals surface area (Å²) in [5.74, 6) is -1.32. The van der Waals surface area contributed by atoms with E-state index in [1.807, 2.05) is 0 Å². The van der Waals surface area contributed by atoms with Crippen molar-refractivity contribution >= 4 is 36.3 Å². The van der Waals surface area contributed by atoms with E-state index in [-0.39, 0.29) is 34.1 Å². The Hall–Kier alpha value is -4.23. The number of rotatable bonds is 13. The van der Waals surface area contributed by atoms with Crippen molar-refractivity contribution in [2.75, 3.05) is 7.11 Å². The van der Waals surface area contributed by atoms with Gasteiger partial charge < -0.3 is 20.1 Å². The summed E-state index contributed by atoms with van der Waals surface area (Å²) in [6.07, 6.45) is 0.981. The second-order valence-electron chi connectivity index (χ2n) is 10.4. The third kappa shape index (κ3) is 8.58. The first-order valence-electron chi connectivity index (χ1n) is 13.8. The van der Waals surface area contributed by atoms with E-state index in [2.05, 4.69) is 0 Å². The van der Waals surface area contributed by atoms with Gasteiger partial charge in [0, 0.05) is 29.7 Å².